The second-order valence-electron chi connectivity index (χ2n) is 14.7. The number of aromatic amines is 2. The van der Waals surface area contributed by atoms with Crippen LogP contribution in [-0.4, -0.2) is 91.1 Å². The standard InChI is InChI=1S/C39H44N8O6S2/c1-20(2)30(44-38(50)51)36(48)47-15-7-9-29(47)35-42-26-13-11-22(16-27(26)43-35)25-19-55-32-23(18-54-33(25)32)10-12-24-17-40-34(41-24)28-8-6-14-46(28)37(49)31(21(3)4)45-39(52)53-5/h11,13,16-21,28-31,44H,6-9,14-15H2,1-5H3,(H,40,41)(H,42,43)(H,45,52)(H,50,51)/t28?,29?,30-,31+/m1/s1. The number of likely N-dealkylation sites (tertiary alicyclic amines) is 2. The maximum atomic E-state index is 13.5. The van der Waals surface area contributed by atoms with Crippen LogP contribution in [0.1, 0.15) is 88.4 Å². The largest absolute Gasteiger partial charge is 0.465 e. The van der Waals surface area contributed by atoms with Crippen LogP contribution in [0.2, 0.25) is 0 Å². The van der Waals surface area contributed by atoms with E-state index in [0.717, 1.165) is 62.8 Å². The minimum absolute atomic E-state index is 0.117. The Kier molecular flexibility index (Phi) is 10.9. The highest BCUT2D eigenvalue weighted by Crippen LogP contribution is 2.41. The highest BCUT2D eigenvalue weighted by atomic mass is 32.1. The molecule has 0 spiro atoms. The number of alkyl carbamates (subject to hydrolysis) is 1. The predicted octanol–water partition coefficient (Wildman–Crippen LogP) is 6.63. The van der Waals surface area contributed by atoms with E-state index in [0.29, 0.717) is 30.4 Å². The van der Waals surface area contributed by atoms with Gasteiger partial charge in [-0.2, -0.15) is 0 Å². The molecular weight excluding hydrogens is 741 g/mol. The number of benzene rings is 1. The first-order chi connectivity index (χ1) is 26.4. The van der Waals surface area contributed by atoms with Gasteiger partial charge in [0.2, 0.25) is 11.8 Å². The summed E-state index contributed by atoms with van der Waals surface area (Å²) in [5, 5.41) is 18.6. The fourth-order valence-corrected chi connectivity index (χ4v) is 9.81. The van der Waals surface area contributed by atoms with Gasteiger partial charge in [-0.1, -0.05) is 39.7 Å². The summed E-state index contributed by atoms with van der Waals surface area (Å²) in [6.07, 6.45) is 2.99. The molecular formula is C39H44N8O6S2. The second kappa shape index (κ2) is 15.8. The Morgan fingerprint density at radius 3 is 2.20 bits per heavy atom. The zero-order chi connectivity index (χ0) is 39.0. The third-order valence-corrected chi connectivity index (χ3v) is 12.5. The molecule has 6 heterocycles. The number of aromatic nitrogens is 4. The van der Waals surface area contributed by atoms with Crippen molar-refractivity contribution in [3.8, 4) is 23.0 Å². The summed E-state index contributed by atoms with van der Waals surface area (Å²) in [6, 6.07) is 4.10. The number of rotatable bonds is 9. The van der Waals surface area contributed by atoms with Crippen molar-refractivity contribution in [3.63, 3.8) is 0 Å². The molecule has 0 bridgehead atoms. The number of carbonyl (C=O) groups is 4. The zero-order valence-corrected chi connectivity index (χ0v) is 32.9. The van der Waals surface area contributed by atoms with Gasteiger partial charge < -0.3 is 40.2 Å². The number of imidazole rings is 2. The number of carboxylic acid groups (broad SMARTS) is 1. The first kappa shape index (κ1) is 37.9. The van der Waals surface area contributed by atoms with Crippen molar-refractivity contribution in [1.29, 1.82) is 0 Å². The Hall–Kier alpha value is -5.40. The summed E-state index contributed by atoms with van der Waals surface area (Å²) >= 11 is 3.28. The van der Waals surface area contributed by atoms with E-state index in [1.54, 1.807) is 38.7 Å². The number of amides is 4. The molecule has 0 radical (unpaired) electrons. The van der Waals surface area contributed by atoms with Gasteiger partial charge in [0.1, 0.15) is 29.4 Å². The van der Waals surface area contributed by atoms with Crippen molar-refractivity contribution in [2.24, 2.45) is 11.8 Å². The second-order valence-corrected chi connectivity index (χ2v) is 16.4. The molecule has 55 heavy (non-hydrogen) atoms. The molecule has 2 unspecified atom stereocenters. The van der Waals surface area contributed by atoms with Gasteiger partial charge in [-0.3, -0.25) is 9.59 Å². The molecule has 2 aliphatic heterocycles. The van der Waals surface area contributed by atoms with E-state index in [-0.39, 0.29) is 35.7 Å². The maximum Gasteiger partial charge on any atom is 0.407 e. The highest BCUT2D eigenvalue weighted by Gasteiger charge is 2.39. The van der Waals surface area contributed by atoms with Gasteiger partial charge in [0.05, 0.1) is 51.4 Å². The van der Waals surface area contributed by atoms with Gasteiger partial charge in [-0.25, -0.2) is 19.6 Å². The minimum atomic E-state index is -1.21. The van der Waals surface area contributed by atoms with E-state index >= 15 is 0 Å². The fraction of sp³-hybridized carbons (Fsp3) is 0.436. The molecule has 7 rings (SSSR count). The van der Waals surface area contributed by atoms with Gasteiger partial charge in [0.15, 0.2) is 0 Å². The number of hydrogen-bond acceptors (Lipinski definition) is 9. The number of H-pyrrole nitrogens is 2. The third-order valence-electron chi connectivity index (χ3n) is 10.3. The lowest BCUT2D eigenvalue weighted by Crippen LogP contribution is -2.51. The molecule has 4 amide bonds. The van der Waals surface area contributed by atoms with Crippen LogP contribution in [0.25, 0.3) is 31.6 Å². The van der Waals surface area contributed by atoms with Crippen molar-refractivity contribution < 1.29 is 29.0 Å². The lowest BCUT2D eigenvalue weighted by Gasteiger charge is -2.29. The summed E-state index contributed by atoms with van der Waals surface area (Å²) in [4.78, 5) is 70.1. The summed E-state index contributed by atoms with van der Waals surface area (Å²) in [5.74, 6) is 7.22. The molecule has 0 saturated carbocycles. The zero-order valence-electron chi connectivity index (χ0n) is 31.3. The first-order valence-corrected chi connectivity index (χ1v) is 20.2. The van der Waals surface area contributed by atoms with Crippen LogP contribution >= 0.6 is 22.7 Å². The number of nitrogens with one attached hydrogen (secondary N) is 4. The number of hydrogen-bond donors (Lipinski definition) is 5. The van der Waals surface area contributed by atoms with Crippen molar-refractivity contribution >= 4 is 67.1 Å². The Bertz CT molecular complexity index is 2310. The SMILES string of the molecule is COC(=O)N[C@H](C(=O)N1CCCC1c1ncc(C#Cc2csc3c(-c4ccc5nc(C6CCCN6C(=O)[C@H](NC(=O)O)C(C)C)[nH]c5c4)csc23)[nH]1)C(C)C. The van der Waals surface area contributed by atoms with E-state index in [2.05, 4.69) is 60.3 Å². The molecule has 2 saturated heterocycles. The lowest BCUT2D eigenvalue weighted by atomic mass is 10.0. The molecule has 2 fully saturated rings. The number of carbonyl (C=O) groups excluding carboxylic acids is 3. The molecule has 14 nitrogen and oxygen atoms in total. The average Bonchev–Trinajstić information content (AvgIpc) is 4.00. The molecule has 1 aromatic carbocycles. The van der Waals surface area contributed by atoms with Crippen molar-refractivity contribution in [3.05, 3.63) is 58.1 Å². The summed E-state index contributed by atoms with van der Waals surface area (Å²) in [6.45, 7) is 8.57. The fourth-order valence-electron chi connectivity index (χ4n) is 7.50. The van der Waals surface area contributed by atoms with Crippen LogP contribution in [-0.2, 0) is 14.3 Å². The van der Waals surface area contributed by atoms with Crippen molar-refractivity contribution in [2.45, 2.75) is 77.5 Å². The van der Waals surface area contributed by atoms with E-state index in [9.17, 15) is 24.3 Å². The normalized spacial score (nSPS) is 18.2. The lowest BCUT2D eigenvalue weighted by molar-refractivity contribution is -0.136. The molecule has 5 N–H and O–H groups in total. The van der Waals surface area contributed by atoms with Crippen LogP contribution in [0.15, 0.2) is 35.2 Å². The van der Waals surface area contributed by atoms with Crippen LogP contribution in [0.4, 0.5) is 9.59 Å². The Balaban J connectivity index is 1.07. The summed E-state index contributed by atoms with van der Waals surface area (Å²) < 4.78 is 6.98. The van der Waals surface area contributed by atoms with E-state index in [1.807, 2.05) is 33.8 Å². The van der Waals surface area contributed by atoms with Crippen molar-refractivity contribution in [1.82, 2.24) is 40.4 Å². The van der Waals surface area contributed by atoms with Gasteiger partial charge >= 0.3 is 12.2 Å². The first-order valence-electron chi connectivity index (χ1n) is 18.4. The Morgan fingerprint density at radius 2 is 1.55 bits per heavy atom. The van der Waals surface area contributed by atoms with Gasteiger partial charge in [-0.05, 0) is 61.1 Å². The molecule has 2 aliphatic rings. The Morgan fingerprint density at radius 1 is 0.891 bits per heavy atom. The smallest absolute Gasteiger partial charge is 0.407 e. The maximum absolute atomic E-state index is 13.5. The Labute approximate surface area is 326 Å². The molecule has 5 aromatic rings. The number of thiophene rings is 2. The molecule has 16 heteroatoms. The summed E-state index contributed by atoms with van der Waals surface area (Å²) in [5.41, 5.74) is 5.38. The van der Waals surface area contributed by atoms with Gasteiger partial charge in [-0.15, -0.1) is 22.7 Å². The topological polar surface area (TPSA) is 186 Å². The summed E-state index contributed by atoms with van der Waals surface area (Å²) in [7, 11) is 1.28. The molecule has 4 aromatic heterocycles. The molecule has 0 aliphatic carbocycles. The minimum Gasteiger partial charge on any atom is -0.465 e. The van der Waals surface area contributed by atoms with E-state index in [1.165, 1.54) is 7.11 Å². The number of fused-ring (bicyclic) bond motifs is 2. The van der Waals surface area contributed by atoms with Crippen LogP contribution in [0, 0.1) is 23.7 Å². The molecule has 4 atom stereocenters. The van der Waals surface area contributed by atoms with E-state index in [4.69, 9.17) is 9.72 Å². The molecule has 288 valence electrons. The average molecular weight is 785 g/mol. The van der Waals surface area contributed by atoms with Gasteiger partial charge in [0.25, 0.3) is 0 Å². The monoisotopic (exact) mass is 784 g/mol. The van der Waals surface area contributed by atoms with Gasteiger partial charge in [0, 0.05) is 29.4 Å². The highest BCUT2D eigenvalue weighted by molar-refractivity contribution is 7.27. The van der Waals surface area contributed by atoms with Crippen molar-refractivity contribution in [2.75, 3.05) is 20.2 Å². The van der Waals surface area contributed by atoms with Crippen LogP contribution in [0.3, 0.4) is 0 Å². The van der Waals surface area contributed by atoms with Crippen LogP contribution < -0.4 is 10.6 Å². The number of ether oxygens (including phenoxy) is 1. The quantitative estimate of drug-likeness (QED) is 0.103. The van der Waals surface area contributed by atoms with E-state index < -0.39 is 24.3 Å². The predicted molar refractivity (Wildman–Crippen MR) is 211 cm³/mol. The van der Waals surface area contributed by atoms with Crippen LogP contribution in [0.5, 0.6) is 0 Å². The number of methoxy groups -OCH3 is 1. The third kappa shape index (κ3) is 7.63. The number of nitrogens with zero attached hydrogens (tertiary/aromatic N) is 4.